The number of allylic oxidation sites excluding steroid dienone is 1. The first kappa shape index (κ1) is 17.2. The summed E-state index contributed by atoms with van der Waals surface area (Å²) in [7, 11) is 0. The largest absolute Gasteiger partial charge is 0.465 e. The maximum absolute atomic E-state index is 12.4. The second-order valence-electron chi connectivity index (χ2n) is 4.87. The smallest absolute Gasteiger partial charge is 0.325 e. The molecule has 0 bridgehead atoms. The fourth-order valence-corrected chi connectivity index (χ4v) is 3.78. The van der Waals surface area contributed by atoms with E-state index in [2.05, 4.69) is 6.58 Å². The Labute approximate surface area is 139 Å². The number of rotatable bonds is 7. The normalized spacial score (nSPS) is 10.7. The molecular weight excluding hydrogens is 312 g/mol. The number of esters is 2. The summed E-state index contributed by atoms with van der Waals surface area (Å²) < 4.78 is 11.2. The molecule has 4 nitrogen and oxygen atoms in total. The molecule has 0 fully saturated rings. The molecule has 0 aliphatic carbocycles. The molecular formula is C18H20O4S. The van der Waals surface area contributed by atoms with Crippen molar-refractivity contribution in [1.29, 1.82) is 0 Å². The fourth-order valence-electron chi connectivity index (χ4n) is 2.47. The topological polar surface area (TPSA) is 52.6 Å². The van der Waals surface area contributed by atoms with Gasteiger partial charge in [0.05, 0.1) is 13.2 Å². The van der Waals surface area contributed by atoms with Crippen molar-refractivity contribution in [2.45, 2.75) is 26.2 Å². The van der Waals surface area contributed by atoms with E-state index in [4.69, 9.17) is 9.47 Å². The van der Waals surface area contributed by atoms with Gasteiger partial charge in [0.25, 0.3) is 0 Å². The summed E-state index contributed by atoms with van der Waals surface area (Å²) in [6, 6.07) is 7.84. The highest BCUT2D eigenvalue weighted by molar-refractivity contribution is 7.19. The third kappa shape index (κ3) is 3.62. The van der Waals surface area contributed by atoms with Gasteiger partial charge in [-0.1, -0.05) is 24.3 Å². The Morgan fingerprint density at radius 3 is 2.35 bits per heavy atom. The van der Waals surface area contributed by atoms with Crippen LogP contribution in [0.5, 0.6) is 0 Å². The summed E-state index contributed by atoms with van der Waals surface area (Å²) in [6.45, 7) is 7.65. The Hall–Kier alpha value is -2.14. The third-order valence-electron chi connectivity index (χ3n) is 3.38. The van der Waals surface area contributed by atoms with E-state index in [1.807, 2.05) is 24.3 Å². The molecule has 0 N–H and O–H groups in total. The number of thiophene rings is 1. The monoisotopic (exact) mass is 332 g/mol. The highest BCUT2D eigenvalue weighted by Gasteiger charge is 2.35. The molecule has 122 valence electrons. The van der Waals surface area contributed by atoms with Crippen LogP contribution < -0.4 is 0 Å². The first-order valence-electron chi connectivity index (χ1n) is 7.58. The molecule has 1 aromatic heterocycles. The van der Waals surface area contributed by atoms with Gasteiger partial charge < -0.3 is 9.47 Å². The van der Waals surface area contributed by atoms with Crippen LogP contribution in [0.1, 0.15) is 30.2 Å². The van der Waals surface area contributed by atoms with E-state index in [9.17, 15) is 9.59 Å². The second kappa shape index (κ2) is 7.92. The SMILES string of the molecule is C=CCc1c(C(C(=O)OCC)C(=O)OCC)sc2ccccc12. The number of hydrogen-bond acceptors (Lipinski definition) is 5. The van der Waals surface area contributed by atoms with E-state index in [1.54, 1.807) is 19.9 Å². The Morgan fingerprint density at radius 2 is 1.78 bits per heavy atom. The number of benzene rings is 1. The van der Waals surface area contributed by atoms with Crippen LogP contribution in [0.15, 0.2) is 36.9 Å². The molecule has 1 heterocycles. The summed E-state index contributed by atoms with van der Waals surface area (Å²) in [5, 5.41) is 1.03. The minimum absolute atomic E-state index is 0.219. The molecule has 2 aromatic rings. The molecule has 0 saturated heterocycles. The van der Waals surface area contributed by atoms with Crippen LogP contribution in [0.4, 0.5) is 0 Å². The van der Waals surface area contributed by atoms with Crippen LogP contribution in [-0.2, 0) is 25.5 Å². The van der Waals surface area contributed by atoms with Crippen molar-refractivity contribution in [2.75, 3.05) is 13.2 Å². The summed E-state index contributed by atoms with van der Waals surface area (Å²) in [5.41, 5.74) is 0.937. The van der Waals surface area contributed by atoms with Crippen molar-refractivity contribution in [3.8, 4) is 0 Å². The van der Waals surface area contributed by atoms with E-state index in [0.29, 0.717) is 11.3 Å². The Bertz CT molecular complexity index is 699. The molecule has 0 saturated carbocycles. The number of carbonyl (C=O) groups excluding carboxylic acids is 2. The van der Waals surface area contributed by atoms with Crippen molar-refractivity contribution in [1.82, 2.24) is 0 Å². The Morgan fingerprint density at radius 1 is 1.17 bits per heavy atom. The van der Waals surface area contributed by atoms with Crippen LogP contribution >= 0.6 is 11.3 Å². The van der Waals surface area contributed by atoms with E-state index >= 15 is 0 Å². The number of hydrogen-bond donors (Lipinski definition) is 0. The lowest BCUT2D eigenvalue weighted by molar-refractivity contribution is -0.156. The fraction of sp³-hybridized carbons (Fsp3) is 0.333. The summed E-state index contributed by atoms with van der Waals surface area (Å²) >= 11 is 1.43. The first-order valence-corrected chi connectivity index (χ1v) is 8.40. The van der Waals surface area contributed by atoms with Gasteiger partial charge in [-0.3, -0.25) is 9.59 Å². The molecule has 0 unspecified atom stereocenters. The van der Waals surface area contributed by atoms with Gasteiger partial charge in [0.2, 0.25) is 0 Å². The van der Waals surface area contributed by atoms with Gasteiger partial charge in [0.1, 0.15) is 0 Å². The zero-order valence-electron chi connectivity index (χ0n) is 13.3. The van der Waals surface area contributed by atoms with E-state index in [0.717, 1.165) is 15.6 Å². The van der Waals surface area contributed by atoms with Gasteiger partial charge in [-0.15, -0.1) is 17.9 Å². The highest BCUT2D eigenvalue weighted by Crippen LogP contribution is 2.37. The molecule has 23 heavy (non-hydrogen) atoms. The van der Waals surface area contributed by atoms with Crippen molar-refractivity contribution < 1.29 is 19.1 Å². The minimum Gasteiger partial charge on any atom is -0.465 e. The number of ether oxygens (including phenoxy) is 2. The average Bonchev–Trinajstić information content (AvgIpc) is 2.87. The van der Waals surface area contributed by atoms with Crippen LogP contribution in [-0.4, -0.2) is 25.2 Å². The molecule has 5 heteroatoms. The van der Waals surface area contributed by atoms with Gasteiger partial charge in [-0.05, 0) is 37.3 Å². The second-order valence-corrected chi connectivity index (χ2v) is 5.95. The lowest BCUT2D eigenvalue weighted by atomic mass is 9.99. The molecule has 1 aromatic carbocycles. The Kier molecular flexibility index (Phi) is 5.93. The summed E-state index contributed by atoms with van der Waals surface area (Å²) in [4.78, 5) is 25.4. The van der Waals surface area contributed by atoms with Crippen LogP contribution in [0.2, 0.25) is 0 Å². The maximum Gasteiger partial charge on any atom is 0.325 e. The predicted octanol–water partition coefficient (Wildman–Crippen LogP) is 3.84. The average molecular weight is 332 g/mol. The third-order valence-corrected chi connectivity index (χ3v) is 4.66. The molecule has 0 atom stereocenters. The van der Waals surface area contributed by atoms with Gasteiger partial charge in [0.15, 0.2) is 5.92 Å². The molecule has 0 spiro atoms. The molecule has 0 aliphatic heterocycles. The van der Waals surface area contributed by atoms with E-state index in [1.165, 1.54) is 11.3 Å². The zero-order valence-corrected chi connectivity index (χ0v) is 14.2. The number of fused-ring (bicyclic) bond motifs is 1. The van der Waals surface area contributed by atoms with Crippen LogP contribution in [0, 0.1) is 0 Å². The lowest BCUT2D eigenvalue weighted by Gasteiger charge is -2.14. The zero-order chi connectivity index (χ0) is 16.8. The standard InChI is InChI=1S/C18H20O4S/c1-4-9-13-12-10-7-8-11-14(12)23-16(13)15(17(19)21-5-2)18(20)22-6-3/h4,7-8,10-11,15H,1,5-6,9H2,2-3H3. The summed E-state index contributed by atoms with van der Waals surface area (Å²) in [5.74, 6) is -2.17. The van der Waals surface area contributed by atoms with Crippen LogP contribution in [0.3, 0.4) is 0 Å². The quantitative estimate of drug-likeness (QED) is 0.439. The van der Waals surface area contributed by atoms with Gasteiger partial charge >= 0.3 is 11.9 Å². The molecule has 2 rings (SSSR count). The highest BCUT2D eigenvalue weighted by atomic mass is 32.1. The van der Waals surface area contributed by atoms with Gasteiger partial charge in [0, 0.05) is 9.58 Å². The molecule has 0 amide bonds. The molecule has 0 radical (unpaired) electrons. The van der Waals surface area contributed by atoms with Crippen molar-refractivity contribution in [3.05, 3.63) is 47.4 Å². The van der Waals surface area contributed by atoms with E-state index in [-0.39, 0.29) is 13.2 Å². The maximum atomic E-state index is 12.4. The first-order chi connectivity index (χ1) is 11.1. The van der Waals surface area contributed by atoms with Crippen molar-refractivity contribution >= 4 is 33.4 Å². The summed E-state index contributed by atoms with van der Waals surface area (Å²) in [6.07, 6.45) is 2.35. The lowest BCUT2D eigenvalue weighted by Crippen LogP contribution is -2.26. The number of carbonyl (C=O) groups is 2. The van der Waals surface area contributed by atoms with Crippen molar-refractivity contribution in [2.24, 2.45) is 0 Å². The van der Waals surface area contributed by atoms with E-state index < -0.39 is 17.9 Å². The Balaban J connectivity index is 2.58. The van der Waals surface area contributed by atoms with Crippen LogP contribution in [0.25, 0.3) is 10.1 Å². The molecule has 0 aliphatic rings. The van der Waals surface area contributed by atoms with Gasteiger partial charge in [-0.2, -0.15) is 0 Å². The minimum atomic E-state index is -1.04. The van der Waals surface area contributed by atoms with Gasteiger partial charge in [-0.25, -0.2) is 0 Å². The predicted molar refractivity (Wildman–Crippen MR) is 91.7 cm³/mol. The van der Waals surface area contributed by atoms with Crippen molar-refractivity contribution in [3.63, 3.8) is 0 Å².